The van der Waals surface area contributed by atoms with Crippen molar-refractivity contribution in [1.82, 2.24) is 0 Å². The maximum atomic E-state index is 13.9. The van der Waals surface area contributed by atoms with Crippen LogP contribution in [-0.2, 0) is 6.18 Å². The molecule has 0 bridgehead atoms. The van der Waals surface area contributed by atoms with Crippen molar-refractivity contribution >= 4 is 0 Å². The third-order valence-corrected chi connectivity index (χ3v) is 2.93. The highest BCUT2D eigenvalue weighted by Gasteiger charge is 2.31. The van der Waals surface area contributed by atoms with Crippen LogP contribution in [-0.4, -0.2) is 6.61 Å². The minimum absolute atomic E-state index is 0.00544. The van der Waals surface area contributed by atoms with Gasteiger partial charge in [-0.15, -0.1) is 0 Å². The molecule has 0 spiro atoms. The van der Waals surface area contributed by atoms with Crippen molar-refractivity contribution in [3.63, 3.8) is 0 Å². The molecule has 0 heterocycles. The lowest BCUT2D eigenvalue weighted by Crippen LogP contribution is -2.06. The molecule has 2 rings (SSSR count). The van der Waals surface area contributed by atoms with Crippen LogP contribution in [0.25, 0.3) is 11.1 Å². The average molecular weight is 331 g/mol. The lowest BCUT2D eigenvalue weighted by molar-refractivity contribution is -0.137. The van der Waals surface area contributed by atoms with E-state index in [0.29, 0.717) is 12.1 Å². The maximum absolute atomic E-state index is 13.9. The molecule has 0 fully saturated rings. The molecule has 0 aliphatic heterocycles. The second kappa shape index (κ2) is 6.20. The molecule has 2 nitrogen and oxygen atoms in total. The summed E-state index contributed by atoms with van der Waals surface area (Å²) in [5.41, 5.74) is -1.61. The number of hydrogen-bond donors (Lipinski definition) is 0. The molecule has 0 radical (unpaired) electrons. The normalized spacial score (nSPS) is 11.4. The fourth-order valence-corrected chi connectivity index (χ4v) is 1.90. The van der Waals surface area contributed by atoms with Crippen LogP contribution < -0.4 is 4.74 Å². The third kappa shape index (κ3) is 3.74. The molecule has 23 heavy (non-hydrogen) atoms. The van der Waals surface area contributed by atoms with Crippen LogP contribution in [0.5, 0.6) is 5.75 Å². The Morgan fingerprint density at radius 2 is 1.74 bits per heavy atom. The molecule has 2 aromatic carbocycles. The second-order valence-corrected chi connectivity index (χ2v) is 4.39. The molecule has 2 aromatic rings. The molecule has 120 valence electrons. The SMILES string of the molecule is N#Cc1ccc(-c2ccc(C(F)(F)F)cc2F)cc1OC(F)F. The van der Waals surface area contributed by atoms with Gasteiger partial charge in [0.1, 0.15) is 17.6 Å². The van der Waals surface area contributed by atoms with E-state index in [4.69, 9.17) is 5.26 Å². The van der Waals surface area contributed by atoms with Crippen molar-refractivity contribution in [3.8, 4) is 22.9 Å². The van der Waals surface area contributed by atoms with Crippen molar-refractivity contribution < 1.29 is 31.1 Å². The van der Waals surface area contributed by atoms with E-state index in [9.17, 15) is 26.3 Å². The molecular formula is C15H7F6NO. The molecular weight excluding hydrogens is 324 g/mol. The van der Waals surface area contributed by atoms with Gasteiger partial charge in [0, 0.05) is 5.56 Å². The van der Waals surface area contributed by atoms with Crippen molar-refractivity contribution in [2.24, 2.45) is 0 Å². The van der Waals surface area contributed by atoms with E-state index in [-0.39, 0.29) is 16.7 Å². The van der Waals surface area contributed by atoms with E-state index in [1.807, 2.05) is 0 Å². The predicted octanol–water partition coefficient (Wildman–Crippen LogP) is 4.98. The largest absolute Gasteiger partial charge is 0.433 e. The predicted molar refractivity (Wildman–Crippen MR) is 68.2 cm³/mol. The smallest absolute Gasteiger partial charge is 0.416 e. The number of hydrogen-bond acceptors (Lipinski definition) is 2. The fraction of sp³-hybridized carbons (Fsp3) is 0.133. The van der Waals surface area contributed by atoms with Gasteiger partial charge >= 0.3 is 12.8 Å². The van der Waals surface area contributed by atoms with Crippen LogP contribution in [0.3, 0.4) is 0 Å². The first-order valence-corrected chi connectivity index (χ1v) is 6.08. The molecule has 0 aliphatic rings. The van der Waals surface area contributed by atoms with Crippen molar-refractivity contribution in [2.75, 3.05) is 0 Å². The summed E-state index contributed by atoms with van der Waals surface area (Å²) in [6, 6.07) is 6.79. The molecule has 0 unspecified atom stereocenters. The van der Waals surface area contributed by atoms with Gasteiger partial charge in [0.05, 0.1) is 11.1 Å². The van der Waals surface area contributed by atoms with Crippen LogP contribution in [0.15, 0.2) is 36.4 Å². The van der Waals surface area contributed by atoms with Crippen molar-refractivity contribution in [3.05, 3.63) is 53.3 Å². The Bertz CT molecular complexity index is 764. The van der Waals surface area contributed by atoms with Crippen LogP contribution in [0, 0.1) is 17.1 Å². The minimum atomic E-state index is -4.70. The molecule has 0 atom stereocenters. The van der Waals surface area contributed by atoms with E-state index in [0.717, 1.165) is 18.2 Å². The maximum Gasteiger partial charge on any atom is 0.416 e. The van der Waals surface area contributed by atoms with Gasteiger partial charge in [-0.05, 0) is 29.8 Å². The number of nitrogens with zero attached hydrogens (tertiary/aromatic N) is 1. The Labute approximate surface area is 126 Å². The monoisotopic (exact) mass is 331 g/mol. The number of alkyl halides is 5. The molecule has 8 heteroatoms. The number of benzene rings is 2. The summed E-state index contributed by atoms with van der Waals surface area (Å²) in [7, 11) is 0. The summed E-state index contributed by atoms with van der Waals surface area (Å²) in [5, 5.41) is 8.80. The molecule has 0 amide bonds. The highest BCUT2D eigenvalue weighted by atomic mass is 19.4. The highest BCUT2D eigenvalue weighted by Crippen LogP contribution is 2.34. The first-order chi connectivity index (χ1) is 10.7. The van der Waals surface area contributed by atoms with E-state index >= 15 is 0 Å². The summed E-state index contributed by atoms with van der Waals surface area (Å²) < 4.78 is 80.2. The fourth-order valence-electron chi connectivity index (χ4n) is 1.90. The number of ether oxygens (including phenoxy) is 1. The first kappa shape index (κ1) is 16.7. The van der Waals surface area contributed by atoms with Gasteiger partial charge in [-0.1, -0.05) is 12.1 Å². The van der Waals surface area contributed by atoms with Crippen molar-refractivity contribution in [2.45, 2.75) is 12.8 Å². The first-order valence-electron chi connectivity index (χ1n) is 6.08. The van der Waals surface area contributed by atoms with E-state index < -0.39 is 29.9 Å². The highest BCUT2D eigenvalue weighted by molar-refractivity contribution is 5.68. The lowest BCUT2D eigenvalue weighted by Gasteiger charge is -2.11. The third-order valence-electron chi connectivity index (χ3n) is 2.93. The van der Waals surface area contributed by atoms with Crippen LogP contribution in [0.4, 0.5) is 26.3 Å². The Hall–Kier alpha value is -2.69. The zero-order valence-corrected chi connectivity index (χ0v) is 11.2. The summed E-state index contributed by atoms with van der Waals surface area (Å²) in [4.78, 5) is 0. The standard InChI is InChI=1S/C15H7F6NO/c16-12-6-10(15(19,20)21)3-4-11(12)8-1-2-9(7-22)13(5-8)23-14(17)18/h1-6,14H. The van der Waals surface area contributed by atoms with E-state index in [2.05, 4.69) is 4.74 Å². The summed E-state index contributed by atoms with van der Waals surface area (Å²) in [6.45, 7) is -3.20. The van der Waals surface area contributed by atoms with E-state index in [1.54, 1.807) is 6.07 Å². The van der Waals surface area contributed by atoms with E-state index in [1.165, 1.54) is 6.07 Å². The zero-order valence-electron chi connectivity index (χ0n) is 11.2. The second-order valence-electron chi connectivity index (χ2n) is 4.39. The zero-order chi connectivity index (χ0) is 17.2. The quantitative estimate of drug-likeness (QED) is 0.743. The van der Waals surface area contributed by atoms with Crippen LogP contribution in [0.1, 0.15) is 11.1 Å². The Kier molecular flexibility index (Phi) is 4.50. The summed E-state index contributed by atoms with van der Waals surface area (Å²) in [6.07, 6.45) is -4.70. The average Bonchev–Trinajstić information content (AvgIpc) is 2.45. The van der Waals surface area contributed by atoms with Gasteiger partial charge in [0.2, 0.25) is 0 Å². The number of rotatable bonds is 3. The topological polar surface area (TPSA) is 33.0 Å². The Morgan fingerprint density at radius 3 is 2.26 bits per heavy atom. The lowest BCUT2D eigenvalue weighted by atomic mass is 10.0. The van der Waals surface area contributed by atoms with Gasteiger partial charge < -0.3 is 4.74 Å². The Morgan fingerprint density at radius 1 is 1.04 bits per heavy atom. The molecule has 0 saturated carbocycles. The minimum Gasteiger partial charge on any atom is -0.433 e. The van der Waals surface area contributed by atoms with Crippen molar-refractivity contribution in [1.29, 1.82) is 5.26 Å². The molecule has 0 aromatic heterocycles. The number of nitriles is 1. The van der Waals surface area contributed by atoms with Gasteiger partial charge in [-0.3, -0.25) is 0 Å². The molecule has 0 aliphatic carbocycles. The summed E-state index contributed by atoms with van der Waals surface area (Å²) >= 11 is 0. The molecule has 0 N–H and O–H groups in total. The van der Waals surface area contributed by atoms with Crippen LogP contribution >= 0.6 is 0 Å². The van der Waals surface area contributed by atoms with Gasteiger partial charge in [0.25, 0.3) is 0 Å². The van der Waals surface area contributed by atoms with Gasteiger partial charge in [-0.25, -0.2) is 4.39 Å². The number of halogens is 6. The van der Waals surface area contributed by atoms with Gasteiger partial charge in [0.15, 0.2) is 0 Å². The van der Waals surface area contributed by atoms with Crippen LogP contribution in [0.2, 0.25) is 0 Å². The van der Waals surface area contributed by atoms with Gasteiger partial charge in [-0.2, -0.15) is 27.2 Å². The molecule has 0 saturated heterocycles. The summed E-state index contributed by atoms with van der Waals surface area (Å²) in [5.74, 6) is -1.66. The Balaban J connectivity index is 2.49.